The zero-order valence-corrected chi connectivity index (χ0v) is 17.4. The molecular weight excluding hydrogens is 462 g/mol. The second kappa shape index (κ2) is 6.68. The molecular formula is C19H12BrN3O3S2. The van der Waals surface area contributed by atoms with Gasteiger partial charge in [-0.05, 0) is 35.9 Å². The van der Waals surface area contributed by atoms with Gasteiger partial charge in [-0.15, -0.1) is 0 Å². The molecule has 0 spiro atoms. The van der Waals surface area contributed by atoms with Crippen molar-refractivity contribution < 1.29 is 9.59 Å². The van der Waals surface area contributed by atoms with Crippen LogP contribution in [0.4, 0.5) is 5.69 Å². The van der Waals surface area contributed by atoms with Crippen molar-refractivity contribution in [2.75, 3.05) is 4.90 Å². The quantitative estimate of drug-likeness (QED) is 0.576. The number of pyridine rings is 1. The highest BCUT2D eigenvalue weighted by molar-refractivity contribution is 9.10. The molecule has 0 radical (unpaired) electrons. The van der Waals surface area contributed by atoms with E-state index < -0.39 is 11.2 Å². The fourth-order valence-corrected chi connectivity index (χ4v) is 6.56. The van der Waals surface area contributed by atoms with Gasteiger partial charge in [0.05, 0.1) is 16.6 Å². The fourth-order valence-electron chi connectivity index (χ4n) is 3.78. The van der Waals surface area contributed by atoms with Crippen LogP contribution in [-0.2, 0) is 9.59 Å². The van der Waals surface area contributed by atoms with Crippen molar-refractivity contribution in [2.45, 2.75) is 16.2 Å². The Kier molecular flexibility index (Phi) is 4.26. The minimum atomic E-state index is -0.584. The van der Waals surface area contributed by atoms with Crippen molar-refractivity contribution >= 4 is 56.5 Å². The molecule has 1 aromatic carbocycles. The first-order chi connectivity index (χ1) is 13.5. The number of thioether (sulfide) groups is 1. The summed E-state index contributed by atoms with van der Waals surface area (Å²) < 4.78 is 0.870. The van der Waals surface area contributed by atoms with Crippen molar-refractivity contribution in [2.24, 2.45) is 5.92 Å². The zero-order valence-electron chi connectivity index (χ0n) is 14.2. The first-order valence-corrected chi connectivity index (χ1v) is 11.0. The lowest BCUT2D eigenvalue weighted by molar-refractivity contribution is -0.122. The zero-order chi connectivity index (χ0) is 19.4. The molecule has 3 aromatic rings. The topological polar surface area (TPSA) is 83.1 Å². The van der Waals surface area contributed by atoms with Crippen molar-refractivity contribution in [3.63, 3.8) is 0 Å². The molecule has 140 valence electrons. The highest BCUT2D eigenvalue weighted by atomic mass is 79.9. The number of halogens is 1. The number of H-pyrrole nitrogens is 1. The third-order valence-electron chi connectivity index (χ3n) is 4.95. The molecule has 9 heteroatoms. The lowest BCUT2D eigenvalue weighted by atomic mass is 9.84. The molecule has 1 N–H and O–H groups in total. The number of nitrogens with one attached hydrogen (secondary N) is 1. The van der Waals surface area contributed by atoms with Crippen molar-refractivity contribution in [1.82, 2.24) is 9.97 Å². The summed E-state index contributed by atoms with van der Waals surface area (Å²) in [6, 6.07) is 10.8. The largest absolute Gasteiger partial charge is 0.307 e. The molecule has 5 rings (SSSR count). The second-order valence-electron chi connectivity index (χ2n) is 6.52. The first-order valence-electron chi connectivity index (χ1n) is 8.47. The van der Waals surface area contributed by atoms with E-state index >= 15 is 0 Å². The molecule has 2 aromatic heterocycles. The third kappa shape index (κ3) is 2.68. The number of aromatic nitrogens is 2. The van der Waals surface area contributed by atoms with Crippen LogP contribution >= 0.6 is 39.0 Å². The molecule has 0 saturated carbocycles. The number of nitrogens with zero attached hydrogens (tertiary/aromatic N) is 2. The Labute approximate surface area is 176 Å². The van der Waals surface area contributed by atoms with Crippen LogP contribution in [-0.4, -0.2) is 27.0 Å². The van der Waals surface area contributed by atoms with Gasteiger partial charge in [-0.2, -0.15) is 0 Å². The molecule has 2 aliphatic rings. The molecule has 2 aliphatic heterocycles. The number of thiazole rings is 1. The average Bonchev–Trinajstić information content (AvgIpc) is 3.18. The van der Waals surface area contributed by atoms with E-state index in [1.165, 1.54) is 16.7 Å². The molecule has 3 unspecified atom stereocenters. The summed E-state index contributed by atoms with van der Waals surface area (Å²) in [5.41, 5.74) is 1.38. The number of hydrogen-bond acceptors (Lipinski definition) is 6. The van der Waals surface area contributed by atoms with E-state index in [1.807, 2.05) is 6.07 Å². The molecule has 4 heterocycles. The molecule has 2 amide bonds. The van der Waals surface area contributed by atoms with Crippen LogP contribution in [0.2, 0.25) is 0 Å². The van der Waals surface area contributed by atoms with Gasteiger partial charge < -0.3 is 4.98 Å². The average molecular weight is 474 g/mol. The van der Waals surface area contributed by atoms with Crippen molar-refractivity contribution in [3.8, 4) is 0 Å². The minimum absolute atomic E-state index is 0.184. The number of carbonyl (C=O) groups excluding carboxylic acids is 2. The normalized spacial score (nSPS) is 23.6. The molecule has 1 saturated heterocycles. The highest BCUT2D eigenvalue weighted by Gasteiger charge is 2.56. The Hall–Kier alpha value is -2.23. The van der Waals surface area contributed by atoms with Crippen LogP contribution in [0.1, 0.15) is 16.4 Å². The van der Waals surface area contributed by atoms with E-state index in [9.17, 15) is 14.4 Å². The summed E-state index contributed by atoms with van der Waals surface area (Å²) in [6.45, 7) is 0. The van der Waals surface area contributed by atoms with E-state index in [0.29, 0.717) is 10.7 Å². The van der Waals surface area contributed by atoms with Crippen LogP contribution in [0.15, 0.2) is 63.1 Å². The summed E-state index contributed by atoms with van der Waals surface area (Å²) in [5, 5.41) is 0.0861. The van der Waals surface area contributed by atoms with E-state index in [0.717, 1.165) is 26.3 Å². The van der Waals surface area contributed by atoms with Gasteiger partial charge in [0.1, 0.15) is 5.25 Å². The maximum Gasteiger partial charge on any atom is 0.305 e. The van der Waals surface area contributed by atoms with E-state index in [1.54, 1.807) is 42.7 Å². The van der Waals surface area contributed by atoms with E-state index in [-0.39, 0.29) is 22.6 Å². The number of hydrogen-bond donors (Lipinski definition) is 1. The van der Waals surface area contributed by atoms with Crippen LogP contribution < -0.4 is 9.77 Å². The standard InChI is InChI=1S/C19H12BrN3O3S2/c20-10-3-5-11(6-4-10)23-17(24)13-12(9-2-1-7-21-8-9)14-16(22-19(26)28-14)27-15(13)18(23)25/h1-8,12-13,15H,(H,22,26). The lowest BCUT2D eigenvalue weighted by Gasteiger charge is -2.29. The minimum Gasteiger partial charge on any atom is -0.307 e. The predicted molar refractivity (Wildman–Crippen MR) is 111 cm³/mol. The SMILES string of the molecule is O=C1C2Sc3[nH]c(=O)sc3C(c3cccnc3)C2C(=O)N1c1ccc(Br)cc1. The molecule has 3 atom stereocenters. The number of rotatable bonds is 2. The number of anilines is 1. The monoisotopic (exact) mass is 473 g/mol. The molecule has 0 aliphatic carbocycles. The number of amides is 2. The van der Waals surface area contributed by atoms with Crippen molar-refractivity contribution in [1.29, 1.82) is 0 Å². The number of benzene rings is 1. The van der Waals surface area contributed by atoms with E-state index in [2.05, 4.69) is 25.9 Å². The third-order valence-corrected chi connectivity index (χ3v) is 7.88. The van der Waals surface area contributed by atoms with Gasteiger partial charge in [-0.3, -0.25) is 19.4 Å². The Morgan fingerprint density at radius 2 is 1.86 bits per heavy atom. The van der Waals surface area contributed by atoms with Gasteiger partial charge in [-0.1, -0.05) is 45.1 Å². The van der Waals surface area contributed by atoms with Crippen LogP contribution in [0, 0.1) is 5.92 Å². The van der Waals surface area contributed by atoms with Gasteiger partial charge in [0, 0.05) is 27.7 Å². The Morgan fingerprint density at radius 3 is 2.57 bits per heavy atom. The van der Waals surface area contributed by atoms with Gasteiger partial charge in [-0.25, -0.2) is 4.90 Å². The smallest absolute Gasteiger partial charge is 0.305 e. The Bertz CT molecular complexity index is 1140. The van der Waals surface area contributed by atoms with Crippen LogP contribution in [0.3, 0.4) is 0 Å². The Morgan fingerprint density at radius 1 is 1.07 bits per heavy atom. The summed E-state index contributed by atoms with van der Waals surface area (Å²) in [7, 11) is 0. The molecule has 28 heavy (non-hydrogen) atoms. The van der Waals surface area contributed by atoms with Gasteiger partial charge in [0.15, 0.2) is 0 Å². The summed E-state index contributed by atoms with van der Waals surface area (Å²) in [4.78, 5) is 47.5. The second-order valence-corrected chi connectivity index (χ2v) is 9.61. The lowest BCUT2D eigenvalue weighted by Crippen LogP contribution is -2.32. The summed E-state index contributed by atoms with van der Waals surface area (Å²) >= 11 is 5.74. The Balaban J connectivity index is 1.65. The molecule has 0 bridgehead atoms. The summed E-state index contributed by atoms with van der Waals surface area (Å²) in [5.74, 6) is -1.46. The number of carbonyl (C=O) groups is 2. The maximum absolute atomic E-state index is 13.4. The first kappa shape index (κ1) is 17.8. The number of fused-ring (bicyclic) bond motifs is 2. The maximum atomic E-state index is 13.4. The van der Waals surface area contributed by atoms with Crippen molar-refractivity contribution in [3.05, 3.63) is 73.4 Å². The number of aromatic amines is 1. The number of imide groups is 1. The van der Waals surface area contributed by atoms with Crippen LogP contribution in [0.25, 0.3) is 0 Å². The molecule has 1 fully saturated rings. The summed E-state index contributed by atoms with van der Waals surface area (Å²) in [6.07, 6.45) is 3.36. The highest BCUT2D eigenvalue weighted by Crippen LogP contribution is 2.52. The van der Waals surface area contributed by atoms with Gasteiger partial charge in [0.2, 0.25) is 11.8 Å². The van der Waals surface area contributed by atoms with E-state index in [4.69, 9.17) is 0 Å². The molecule has 6 nitrogen and oxygen atoms in total. The van der Waals surface area contributed by atoms with Crippen LogP contribution in [0.5, 0.6) is 0 Å². The predicted octanol–water partition coefficient (Wildman–Crippen LogP) is 3.39. The fraction of sp³-hybridized carbons (Fsp3) is 0.158. The van der Waals surface area contributed by atoms with Gasteiger partial charge >= 0.3 is 4.87 Å². The van der Waals surface area contributed by atoms with Gasteiger partial charge in [0.25, 0.3) is 0 Å².